The average Bonchev–Trinajstić information content (AvgIpc) is 3.03. The second kappa shape index (κ2) is 7.08. The summed E-state index contributed by atoms with van der Waals surface area (Å²) in [5.74, 6) is -0.507. The largest absolute Gasteiger partial charge is 0.508 e. The van der Waals surface area contributed by atoms with Gasteiger partial charge in [-0.25, -0.2) is 0 Å². The molecule has 0 bridgehead atoms. The fraction of sp³-hybridized carbons (Fsp3) is 0.500. The average molecular weight is 328 g/mol. The molecule has 0 spiro atoms. The summed E-state index contributed by atoms with van der Waals surface area (Å²) < 4.78 is 32.4. The SMILES string of the molecule is COC(=O)CN(Cc1ccc(O)cc1)S(=O)(=O)N1CCCC1. The molecule has 0 saturated carbocycles. The normalized spacial score (nSPS) is 16.1. The summed E-state index contributed by atoms with van der Waals surface area (Å²) in [7, 11) is -2.49. The highest BCUT2D eigenvalue weighted by Crippen LogP contribution is 2.19. The Kier molecular flexibility index (Phi) is 5.38. The third-order valence-corrected chi connectivity index (χ3v) is 5.47. The molecular formula is C14H20N2O5S. The van der Waals surface area contributed by atoms with Crippen LogP contribution in [0.15, 0.2) is 24.3 Å². The lowest BCUT2D eigenvalue weighted by Gasteiger charge is -2.26. The van der Waals surface area contributed by atoms with Crippen molar-refractivity contribution in [1.29, 1.82) is 0 Å². The minimum Gasteiger partial charge on any atom is -0.508 e. The van der Waals surface area contributed by atoms with Crippen molar-refractivity contribution in [1.82, 2.24) is 8.61 Å². The second-order valence-electron chi connectivity index (χ2n) is 5.12. The number of hydrogen-bond donors (Lipinski definition) is 1. The van der Waals surface area contributed by atoms with Crippen LogP contribution in [0.4, 0.5) is 0 Å². The lowest BCUT2D eigenvalue weighted by molar-refractivity contribution is -0.140. The molecule has 0 radical (unpaired) electrons. The Balaban J connectivity index is 2.21. The molecule has 1 fully saturated rings. The lowest BCUT2D eigenvalue weighted by atomic mass is 10.2. The highest BCUT2D eigenvalue weighted by molar-refractivity contribution is 7.86. The molecule has 1 heterocycles. The van der Waals surface area contributed by atoms with Crippen molar-refractivity contribution in [3.05, 3.63) is 29.8 Å². The summed E-state index contributed by atoms with van der Waals surface area (Å²) in [5, 5.41) is 9.29. The van der Waals surface area contributed by atoms with Crippen LogP contribution in [-0.4, -0.2) is 54.8 Å². The molecule has 8 heteroatoms. The molecule has 1 aromatic carbocycles. The molecule has 2 rings (SSSR count). The molecule has 0 amide bonds. The molecule has 0 aliphatic carbocycles. The fourth-order valence-electron chi connectivity index (χ4n) is 2.31. The predicted octanol–water partition coefficient (Wildman–Crippen LogP) is 0.708. The van der Waals surface area contributed by atoms with Gasteiger partial charge in [-0.1, -0.05) is 12.1 Å². The van der Waals surface area contributed by atoms with E-state index in [0.29, 0.717) is 18.7 Å². The van der Waals surface area contributed by atoms with E-state index in [1.807, 2.05) is 0 Å². The minimum absolute atomic E-state index is 0.0498. The summed E-state index contributed by atoms with van der Waals surface area (Å²) in [6.07, 6.45) is 1.65. The number of rotatable bonds is 6. The minimum atomic E-state index is -3.71. The molecule has 22 heavy (non-hydrogen) atoms. The van der Waals surface area contributed by atoms with Crippen LogP contribution in [-0.2, 0) is 26.3 Å². The van der Waals surface area contributed by atoms with E-state index in [4.69, 9.17) is 0 Å². The third-order valence-electron chi connectivity index (χ3n) is 3.55. The van der Waals surface area contributed by atoms with Gasteiger partial charge in [0.2, 0.25) is 0 Å². The van der Waals surface area contributed by atoms with E-state index in [9.17, 15) is 18.3 Å². The third kappa shape index (κ3) is 3.96. The van der Waals surface area contributed by atoms with Gasteiger partial charge in [0.05, 0.1) is 7.11 Å². The van der Waals surface area contributed by atoms with Crippen LogP contribution in [0.3, 0.4) is 0 Å². The maximum absolute atomic E-state index is 12.7. The first-order chi connectivity index (χ1) is 10.4. The van der Waals surface area contributed by atoms with Crippen molar-refractivity contribution < 1.29 is 23.1 Å². The standard InChI is InChI=1S/C14H20N2O5S/c1-21-14(18)11-16(10-12-4-6-13(17)7-5-12)22(19,20)15-8-2-3-9-15/h4-7,17H,2-3,8-11H2,1H3. The highest BCUT2D eigenvalue weighted by atomic mass is 32.2. The number of nitrogens with zero attached hydrogens (tertiary/aromatic N) is 2. The summed E-state index contributed by atoms with van der Waals surface area (Å²) in [6.45, 7) is 0.648. The maximum Gasteiger partial charge on any atom is 0.321 e. The van der Waals surface area contributed by atoms with Gasteiger partial charge in [0.25, 0.3) is 10.2 Å². The zero-order valence-electron chi connectivity index (χ0n) is 12.4. The summed E-state index contributed by atoms with van der Waals surface area (Å²) in [4.78, 5) is 11.5. The Hall–Kier alpha value is -1.64. The summed E-state index contributed by atoms with van der Waals surface area (Å²) >= 11 is 0. The molecule has 7 nitrogen and oxygen atoms in total. The lowest BCUT2D eigenvalue weighted by Crippen LogP contribution is -2.44. The Labute approximate surface area is 130 Å². The number of benzene rings is 1. The van der Waals surface area contributed by atoms with Crippen molar-refractivity contribution in [2.75, 3.05) is 26.7 Å². The van der Waals surface area contributed by atoms with Gasteiger partial charge < -0.3 is 9.84 Å². The van der Waals surface area contributed by atoms with Crippen LogP contribution in [0.2, 0.25) is 0 Å². The molecule has 122 valence electrons. The smallest absolute Gasteiger partial charge is 0.321 e. The number of carbonyl (C=O) groups excluding carboxylic acids is 1. The van der Waals surface area contributed by atoms with E-state index in [1.54, 1.807) is 12.1 Å². The zero-order valence-corrected chi connectivity index (χ0v) is 13.3. The van der Waals surface area contributed by atoms with Gasteiger partial charge >= 0.3 is 5.97 Å². The Morgan fingerprint density at radius 3 is 2.41 bits per heavy atom. The predicted molar refractivity (Wildman–Crippen MR) is 80.3 cm³/mol. The number of phenolic OH excluding ortho intramolecular Hbond substituents is 1. The van der Waals surface area contributed by atoms with E-state index in [0.717, 1.165) is 17.1 Å². The quantitative estimate of drug-likeness (QED) is 0.777. The van der Waals surface area contributed by atoms with Crippen LogP contribution in [0.1, 0.15) is 18.4 Å². The van der Waals surface area contributed by atoms with Crippen LogP contribution >= 0.6 is 0 Å². The number of hydrogen-bond acceptors (Lipinski definition) is 5. The van der Waals surface area contributed by atoms with Gasteiger partial charge in [-0.3, -0.25) is 4.79 Å². The van der Waals surface area contributed by atoms with Crippen LogP contribution in [0.25, 0.3) is 0 Å². The van der Waals surface area contributed by atoms with Crippen molar-refractivity contribution in [3.8, 4) is 5.75 Å². The van der Waals surface area contributed by atoms with Crippen molar-refractivity contribution >= 4 is 16.2 Å². The molecule has 0 aromatic heterocycles. The first-order valence-electron chi connectivity index (χ1n) is 7.03. The van der Waals surface area contributed by atoms with Gasteiger partial charge in [-0.2, -0.15) is 17.0 Å². The van der Waals surface area contributed by atoms with Crippen molar-refractivity contribution in [3.63, 3.8) is 0 Å². The summed E-state index contributed by atoms with van der Waals surface area (Å²) in [5.41, 5.74) is 0.685. The van der Waals surface area contributed by atoms with E-state index >= 15 is 0 Å². The van der Waals surface area contributed by atoms with Crippen LogP contribution in [0, 0.1) is 0 Å². The molecule has 1 aromatic rings. The highest BCUT2D eigenvalue weighted by Gasteiger charge is 2.33. The number of ether oxygens (including phenoxy) is 1. The number of carbonyl (C=O) groups is 1. The Bertz CT molecular complexity index is 609. The molecule has 1 N–H and O–H groups in total. The Morgan fingerprint density at radius 2 is 1.86 bits per heavy atom. The van der Waals surface area contributed by atoms with Crippen molar-refractivity contribution in [2.45, 2.75) is 19.4 Å². The maximum atomic E-state index is 12.7. The van der Waals surface area contributed by atoms with Gasteiger partial charge in [0.1, 0.15) is 12.3 Å². The van der Waals surface area contributed by atoms with Crippen molar-refractivity contribution in [2.24, 2.45) is 0 Å². The summed E-state index contributed by atoms with van der Waals surface area (Å²) in [6, 6.07) is 6.21. The molecule has 0 atom stereocenters. The first kappa shape index (κ1) is 16.7. The number of aromatic hydroxyl groups is 1. The molecule has 0 unspecified atom stereocenters. The van der Waals surface area contributed by atoms with E-state index < -0.39 is 16.2 Å². The molecular weight excluding hydrogens is 308 g/mol. The number of phenols is 1. The van der Waals surface area contributed by atoms with Gasteiger partial charge in [0.15, 0.2) is 0 Å². The molecule has 1 aliphatic heterocycles. The van der Waals surface area contributed by atoms with Crippen LogP contribution < -0.4 is 0 Å². The van der Waals surface area contributed by atoms with E-state index in [1.165, 1.54) is 23.5 Å². The molecule has 1 aliphatic rings. The van der Waals surface area contributed by atoms with E-state index in [-0.39, 0.29) is 18.8 Å². The second-order valence-corrected chi connectivity index (χ2v) is 7.05. The fourth-order valence-corrected chi connectivity index (χ4v) is 3.94. The topological polar surface area (TPSA) is 87.1 Å². The number of esters is 1. The first-order valence-corrected chi connectivity index (χ1v) is 8.43. The van der Waals surface area contributed by atoms with Gasteiger partial charge in [-0.05, 0) is 30.5 Å². The van der Waals surface area contributed by atoms with E-state index in [2.05, 4.69) is 4.74 Å². The number of methoxy groups -OCH3 is 1. The van der Waals surface area contributed by atoms with Gasteiger partial charge in [0, 0.05) is 19.6 Å². The van der Waals surface area contributed by atoms with Gasteiger partial charge in [-0.15, -0.1) is 0 Å². The van der Waals surface area contributed by atoms with Crippen LogP contribution in [0.5, 0.6) is 5.75 Å². The Morgan fingerprint density at radius 1 is 1.27 bits per heavy atom. The monoisotopic (exact) mass is 328 g/mol. The zero-order chi connectivity index (χ0) is 16.2. The molecule has 1 saturated heterocycles.